The lowest BCUT2D eigenvalue weighted by atomic mass is 9.94. The third-order valence-electron chi connectivity index (χ3n) is 5.62. The molecule has 0 saturated carbocycles. The molecule has 7 heteroatoms. The van der Waals surface area contributed by atoms with Crippen molar-refractivity contribution in [1.29, 1.82) is 0 Å². The van der Waals surface area contributed by atoms with E-state index in [-0.39, 0.29) is 17.4 Å². The molecular weight excluding hydrogens is 356 g/mol. The summed E-state index contributed by atoms with van der Waals surface area (Å²) in [6.07, 6.45) is 3.29. The van der Waals surface area contributed by atoms with Gasteiger partial charge < -0.3 is 19.5 Å². The largest absolute Gasteiger partial charge is 0.378 e. The molecule has 7 nitrogen and oxygen atoms in total. The maximum absolute atomic E-state index is 13.1. The second kappa shape index (κ2) is 8.14. The van der Waals surface area contributed by atoms with E-state index in [1.807, 2.05) is 23.1 Å². The number of nitrogens with zero attached hydrogens (tertiary/aromatic N) is 3. The highest BCUT2D eigenvalue weighted by Gasteiger charge is 2.27. The lowest BCUT2D eigenvalue weighted by molar-refractivity contribution is 0.0705. The van der Waals surface area contributed by atoms with E-state index in [9.17, 15) is 9.59 Å². The topological polar surface area (TPSA) is 78.5 Å². The van der Waals surface area contributed by atoms with Gasteiger partial charge in [0.1, 0.15) is 0 Å². The van der Waals surface area contributed by atoms with Crippen LogP contribution in [0.15, 0.2) is 35.4 Å². The number of aryl methyl sites for hydroxylation is 1. The van der Waals surface area contributed by atoms with Gasteiger partial charge in [0.25, 0.3) is 11.5 Å². The van der Waals surface area contributed by atoms with Crippen molar-refractivity contribution >= 4 is 11.6 Å². The van der Waals surface area contributed by atoms with Gasteiger partial charge in [-0.3, -0.25) is 9.59 Å². The van der Waals surface area contributed by atoms with Gasteiger partial charge in [0, 0.05) is 49.4 Å². The lowest BCUT2D eigenvalue weighted by Gasteiger charge is -2.33. The normalized spacial score (nSPS) is 20.2. The standard InChI is InChI=1S/C21H26N4O3/c1-15-11-16(4-5-19(15)24-7-9-28-10-8-24)21(27)25-6-2-3-17(13-25)18-12-20(26)23-14-22-18/h4-5,11-12,14,17H,2-3,6-10,13H2,1H3,(H,22,23,26)/t17-/m0/s1. The fraction of sp³-hybridized carbons (Fsp3) is 0.476. The number of carbonyl (C=O) groups excluding carboxylic acids is 1. The van der Waals surface area contributed by atoms with Gasteiger partial charge in [-0.2, -0.15) is 0 Å². The Labute approximate surface area is 164 Å². The van der Waals surface area contributed by atoms with Crippen LogP contribution in [-0.4, -0.2) is 60.2 Å². The lowest BCUT2D eigenvalue weighted by Crippen LogP contribution is -2.39. The molecule has 1 amide bonds. The molecule has 0 spiro atoms. The Balaban J connectivity index is 1.49. The molecule has 0 unspecified atom stereocenters. The van der Waals surface area contributed by atoms with Crippen molar-refractivity contribution in [2.45, 2.75) is 25.7 Å². The number of aromatic nitrogens is 2. The molecule has 0 bridgehead atoms. The highest BCUT2D eigenvalue weighted by Crippen LogP contribution is 2.27. The molecule has 4 rings (SSSR count). The first kappa shape index (κ1) is 18.7. The number of amides is 1. The first-order valence-electron chi connectivity index (χ1n) is 9.89. The van der Waals surface area contributed by atoms with Gasteiger partial charge in [-0.25, -0.2) is 4.98 Å². The van der Waals surface area contributed by atoms with Crippen LogP contribution in [0.25, 0.3) is 0 Å². The molecule has 148 valence electrons. The van der Waals surface area contributed by atoms with Crippen molar-refractivity contribution in [2.24, 2.45) is 0 Å². The Morgan fingerprint density at radius 2 is 2.04 bits per heavy atom. The maximum Gasteiger partial charge on any atom is 0.253 e. The van der Waals surface area contributed by atoms with Crippen LogP contribution in [0, 0.1) is 6.92 Å². The highest BCUT2D eigenvalue weighted by atomic mass is 16.5. The minimum Gasteiger partial charge on any atom is -0.378 e. The Kier molecular flexibility index (Phi) is 5.43. The van der Waals surface area contributed by atoms with Crippen molar-refractivity contribution in [3.05, 3.63) is 57.8 Å². The number of H-pyrrole nitrogens is 1. The summed E-state index contributed by atoms with van der Waals surface area (Å²) in [4.78, 5) is 35.7. The number of hydrogen-bond donors (Lipinski definition) is 1. The van der Waals surface area contributed by atoms with Crippen molar-refractivity contribution < 1.29 is 9.53 Å². The zero-order valence-corrected chi connectivity index (χ0v) is 16.2. The smallest absolute Gasteiger partial charge is 0.253 e. The second-order valence-electron chi connectivity index (χ2n) is 7.53. The first-order valence-corrected chi connectivity index (χ1v) is 9.89. The molecular formula is C21H26N4O3. The number of piperidine rings is 1. The molecule has 1 atom stereocenters. The number of rotatable bonds is 3. The first-order chi connectivity index (χ1) is 13.6. The zero-order valence-electron chi connectivity index (χ0n) is 16.2. The molecule has 1 aromatic heterocycles. The Morgan fingerprint density at radius 3 is 2.79 bits per heavy atom. The van der Waals surface area contributed by atoms with E-state index in [4.69, 9.17) is 4.74 Å². The van der Waals surface area contributed by atoms with Crippen LogP contribution in [-0.2, 0) is 4.74 Å². The molecule has 1 aromatic carbocycles. The van der Waals surface area contributed by atoms with E-state index in [0.29, 0.717) is 12.1 Å². The summed E-state index contributed by atoms with van der Waals surface area (Å²) >= 11 is 0. The van der Waals surface area contributed by atoms with Crippen LogP contribution in [0.2, 0.25) is 0 Å². The number of likely N-dealkylation sites (tertiary alicyclic amines) is 1. The van der Waals surface area contributed by atoms with Crippen molar-refractivity contribution in [3.8, 4) is 0 Å². The molecule has 3 heterocycles. The molecule has 2 fully saturated rings. The van der Waals surface area contributed by atoms with E-state index in [0.717, 1.165) is 56.9 Å². The number of aromatic amines is 1. The van der Waals surface area contributed by atoms with Crippen LogP contribution in [0.5, 0.6) is 0 Å². The highest BCUT2D eigenvalue weighted by molar-refractivity contribution is 5.95. The Hall–Kier alpha value is -2.67. The Bertz CT molecular complexity index is 905. The van der Waals surface area contributed by atoms with Crippen LogP contribution in [0.3, 0.4) is 0 Å². The van der Waals surface area contributed by atoms with Crippen LogP contribution in [0.4, 0.5) is 5.69 Å². The zero-order chi connectivity index (χ0) is 19.5. The minimum atomic E-state index is -0.150. The third kappa shape index (κ3) is 3.94. The molecule has 2 aliphatic heterocycles. The van der Waals surface area contributed by atoms with E-state index in [2.05, 4.69) is 21.8 Å². The van der Waals surface area contributed by atoms with Gasteiger partial charge in [-0.1, -0.05) is 0 Å². The average Bonchev–Trinajstić information content (AvgIpc) is 2.74. The predicted octanol–water partition coefficient (Wildman–Crippen LogP) is 1.93. The van der Waals surface area contributed by atoms with Gasteiger partial charge in [0.2, 0.25) is 0 Å². The molecule has 2 saturated heterocycles. The SMILES string of the molecule is Cc1cc(C(=O)N2CCC[C@H](c3cc(=O)[nH]cn3)C2)ccc1N1CCOCC1. The average molecular weight is 382 g/mol. The molecule has 0 aliphatic carbocycles. The number of hydrogen-bond acceptors (Lipinski definition) is 5. The second-order valence-corrected chi connectivity index (χ2v) is 7.53. The van der Waals surface area contributed by atoms with Gasteiger partial charge in [0.15, 0.2) is 0 Å². The molecule has 1 N–H and O–H groups in total. The molecule has 2 aliphatic rings. The fourth-order valence-electron chi connectivity index (χ4n) is 4.14. The van der Waals surface area contributed by atoms with Crippen LogP contribution < -0.4 is 10.5 Å². The molecule has 0 radical (unpaired) electrons. The molecule has 28 heavy (non-hydrogen) atoms. The van der Waals surface area contributed by atoms with Gasteiger partial charge >= 0.3 is 0 Å². The van der Waals surface area contributed by atoms with Gasteiger partial charge in [-0.15, -0.1) is 0 Å². The van der Waals surface area contributed by atoms with Crippen LogP contribution >= 0.6 is 0 Å². The van der Waals surface area contributed by atoms with Crippen LogP contribution in [0.1, 0.15) is 40.4 Å². The van der Waals surface area contributed by atoms with Gasteiger partial charge in [0.05, 0.1) is 25.2 Å². The third-order valence-corrected chi connectivity index (χ3v) is 5.62. The summed E-state index contributed by atoms with van der Waals surface area (Å²) in [5.74, 6) is 0.153. The van der Waals surface area contributed by atoms with E-state index in [1.54, 1.807) is 6.07 Å². The summed E-state index contributed by atoms with van der Waals surface area (Å²) in [6, 6.07) is 7.50. The number of carbonyl (C=O) groups is 1. The van der Waals surface area contributed by atoms with Crippen molar-refractivity contribution in [3.63, 3.8) is 0 Å². The van der Waals surface area contributed by atoms with E-state index >= 15 is 0 Å². The van der Waals surface area contributed by atoms with Gasteiger partial charge in [-0.05, 0) is 43.5 Å². The number of morpholine rings is 1. The van der Waals surface area contributed by atoms with Crippen molar-refractivity contribution in [2.75, 3.05) is 44.3 Å². The summed E-state index contributed by atoms with van der Waals surface area (Å²) in [5.41, 5.74) is 3.61. The fourth-order valence-corrected chi connectivity index (χ4v) is 4.14. The number of ether oxygens (including phenoxy) is 1. The summed E-state index contributed by atoms with van der Waals surface area (Å²) < 4.78 is 5.43. The van der Waals surface area contributed by atoms with Crippen molar-refractivity contribution in [1.82, 2.24) is 14.9 Å². The van der Waals surface area contributed by atoms with E-state index in [1.165, 1.54) is 12.0 Å². The summed E-state index contributed by atoms with van der Waals surface area (Å²) in [5, 5.41) is 0. The number of anilines is 1. The number of nitrogens with one attached hydrogen (secondary N) is 1. The Morgan fingerprint density at radius 1 is 1.21 bits per heavy atom. The minimum absolute atomic E-state index is 0.0474. The van der Waals surface area contributed by atoms with E-state index < -0.39 is 0 Å². The summed E-state index contributed by atoms with van der Waals surface area (Å²) in [6.45, 7) is 6.64. The molecule has 2 aromatic rings. The summed E-state index contributed by atoms with van der Waals surface area (Å²) in [7, 11) is 0. The maximum atomic E-state index is 13.1. The predicted molar refractivity (Wildman–Crippen MR) is 107 cm³/mol. The monoisotopic (exact) mass is 382 g/mol. The number of benzene rings is 1. The quantitative estimate of drug-likeness (QED) is 0.878.